The first kappa shape index (κ1) is 20.8. The van der Waals surface area contributed by atoms with Crippen LogP contribution in [0.5, 0.6) is 5.75 Å². The molecule has 2 aliphatic carbocycles. The van der Waals surface area contributed by atoms with E-state index >= 15 is 0 Å². The van der Waals surface area contributed by atoms with Gasteiger partial charge in [0.25, 0.3) is 10.1 Å². The fourth-order valence-electron chi connectivity index (χ4n) is 4.25. The number of Topliss-reactive ketones (excluding diaryl/α,β-unsaturated/α-hetero) is 1. The number of carbonyl (C=O) groups is 1. The summed E-state index contributed by atoms with van der Waals surface area (Å²) in [5, 5.41) is 18.1. The maximum atomic E-state index is 11.9. The molecular weight excluding hydrogens is 358 g/mol. The third-order valence-electron chi connectivity index (χ3n) is 6.07. The third-order valence-corrected chi connectivity index (χ3v) is 6.93. The van der Waals surface area contributed by atoms with Crippen molar-refractivity contribution in [3.8, 4) is 5.75 Å². The first-order chi connectivity index (χ1) is 11.9. The van der Waals surface area contributed by atoms with E-state index in [1.54, 1.807) is 12.1 Å². The van der Waals surface area contributed by atoms with Gasteiger partial charge in [0.15, 0.2) is 0 Å². The lowest BCUT2D eigenvalue weighted by Gasteiger charge is -2.35. The highest BCUT2D eigenvalue weighted by molar-refractivity contribution is 7.85. The summed E-state index contributed by atoms with van der Waals surface area (Å²) in [6.07, 6.45) is 1.34. The summed E-state index contributed by atoms with van der Waals surface area (Å²) in [6.45, 7) is 4.09. The van der Waals surface area contributed by atoms with Crippen molar-refractivity contribution < 1.29 is 28.0 Å². The number of aliphatic hydroxyl groups is 1. The molecule has 0 amide bonds. The van der Waals surface area contributed by atoms with Gasteiger partial charge in [0, 0.05) is 13.0 Å². The average molecular weight is 385 g/mol. The topological polar surface area (TPSA) is 138 Å². The van der Waals surface area contributed by atoms with E-state index < -0.39 is 27.4 Å². The van der Waals surface area contributed by atoms with Crippen molar-refractivity contribution in [3.05, 3.63) is 29.8 Å². The van der Waals surface area contributed by atoms with Crippen molar-refractivity contribution in [2.45, 2.75) is 39.2 Å². The van der Waals surface area contributed by atoms with Gasteiger partial charge in [-0.2, -0.15) is 8.42 Å². The van der Waals surface area contributed by atoms with Gasteiger partial charge in [0.1, 0.15) is 11.5 Å². The zero-order valence-corrected chi connectivity index (χ0v) is 15.9. The van der Waals surface area contributed by atoms with E-state index in [-0.39, 0.29) is 29.4 Å². The van der Waals surface area contributed by atoms with Crippen LogP contribution in [0.4, 0.5) is 0 Å². The number of carbonyl (C=O) groups excluding carboxylic acids is 1. The number of hydrogen-bond acceptors (Lipinski definition) is 6. The number of hydrogen-bond donors (Lipinski definition) is 4. The zero-order chi connectivity index (χ0) is 19.8. The van der Waals surface area contributed by atoms with Crippen LogP contribution in [0, 0.1) is 16.7 Å². The Labute approximate surface area is 154 Å². The van der Waals surface area contributed by atoms with E-state index in [4.69, 9.17) is 15.4 Å². The molecule has 0 aromatic heterocycles. The van der Waals surface area contributed by atoms with E-state index in [9.17, 15) is 18.3 Å². The second-order valence-electron chi connectivity index (χ2n) is 7.74. The van der Waals surface area contributed by atoms with Crippen molar-refractivity contribution in [1.82, 2.24) is 0 Å². The molecule has 2 fully saturated rings. The van der Waals surface area contributed by atoms with Crippen LogP contribution < -0.4 is 5.73 Å². The van der Waals surface area contributed by atoms with Gasteiger partial charge in [-0.1, -0.05) is 26.0 Å². The Kier molecular flexibility index (Phi) is 5.82. The number of rotatable bonds is 4. The number of aliphatic hydroxyl groups excluding tert-OH is 1. The van der Waals surface area contributed by atoms with Gasteiger partial charge in [-0.25, -0.2) is 0 Å². The number of benzene rings is 1. The minimum Gasteiger partial charge on any atom is -0.508 e. The SMILES string of the molecule is CC1(C)[C@@H]2CC[C@]1(CS(=O)(=O)O)C(=O)C2.NC[C@H](O)c1ccc(O)cc1. The summed E-state index contributed by atoms with van der Waals surface area (Å²) in [7, 11) is -4.08. The van der Waals surface area contributed by atoms with E-state index in [0.717, 1.165) is 12.0 Å². The maximum absolute atomic E-state index is 11.9. The van der Waals surface area contributed by atoms with Crippen LogP contribution >= 0.6 is 0 Å². The van der Waals surface area contributed by atoms with Crippen LogP contribution in [-0.2, 0) is 14.9 Å². The van der Waals surface area contributed by atoms with Crippen LogP contribution in [0.3, 0.4) is 0 Å². The van der Waals surface area contributed by atoms with Crippen LogP contribution in [0.25, 0.3) is 0 Å². The van der Waals surface area contributed by atoms with Crippen molar-refractivity contribution in [3.63, 3.8) is 0 Å². The van der Waals surface area contributed by atoms with Gasteiger partial charge >= 0.3 is 0 Å². The first-order valence-corrected chi connectivity index (χ1v) is 10.2. The van der Waals surface area contributed by atoms with Crippen molar-refractivity contribution in [1.29, 1.82) is 0 Å². The number of ketones is 1. The van der Waals surface area contributed by atoms with Crippen molar-refractivity contribution >= 4 is 15.9 Å². The van der Waals surface area contributed by atoms with Crippen molar-refractivity contribution in [2.24, 2.45) is 22.5 Å². The Hall–Kier alpha value is -1.48. The molecule has 2 aliphatic rings. The molecule has 3 atom stereocenters. The molecule has 1 aromatic carbocycles. The van der Waals surface area contributed by atoms with Gasteiger partial charge in [-0.3, -0.25) is 9.35 Å². The monoisotopic (exact) mass is 385 g/mol. The molecule has 0 aliphatic heterocycles. The highest BCUT2D eigenvalue weighted by atomic mass is 32.2. The van der Waals surface area contributed by atoms with Gasteiger partial charge in [0.2, 0.25) is 0 Å². The number of nitrogens with two attached hydrogens (primary N) is 1. The maximum Gasteiger partial charge on any atom is 0.265 e. The van der Waals surface area contributed by atoms with E-state index in [1.165, 1.54) is 12.1 Å². The molecule has 146 valence electrons. The molecule has 1 aromatic rings. The summed E-state index contributed by atoms with van der Waals surface area (Å²) < 4.78 is 31.0. The largest absolute Gasteiger partial charge is 0.508 e. The minimum absolute atomic E-state index is 0.0152. The minimum atomic E-state index is -4.08. The highest BCUT2D eigenvalue weighted by Gasteiger charge is 2.65. The summed E-state index contributed by atoms with van der Waals surface area (Å²) >= 11 is 0. The predicted octanol–water partition coefficient (Wildman–Crippen LogP) is 1.65. The normalized spacial score (nSPS) is 27.7. The molecule has 0 heterocycles. The lowest BCUT2D eigenvalue weighted by atomic mass is 9.70. The molecule has 0 radical (unpaired) electrons. The molecule has 0 saturated heterocycles. The lowest BCUT2D eigenvalue weighted by molar-refractivity contribution is -0.128. The summed E-state index contributed by atoms with van der Waals surface area (Å²) in [6, 6.07) is 6.34. The van der Waals surface area contributed by atoms with E-state index in [0.29, 0.717) is 12.8 Å². The van der Waals surface area contributed by atoms with Crippen molar-refractivity contribution in [2.75, 3.05) is 12.3 Å². The fraction of sp³-hybridized carbons (Fsp3) is 0.611. The van der Waals surface area contributed by atoms with Crippen LogP contribution in [0.1, 0.15) is 44.8 Å². The predicted molar refractivity (Wildman–Crippen MR) is 97.1 cm³/mol. The standard InChI is InChI=1S/C10H16O4S.C8H11NO2/c1-9(2)7-3-4-10(9,8(11)5-7)6-15(12,13)14;9-5-8(11)6-1-3-7(10)4-2-6/h7H,3-6H2,1-2H3,(H,12,13,14);1-4,8,10-11H,5,9H2/t7-,10+;8-/m10/s1. The summed E-state index contributed by atoms with van der Waals surface area (Å²) in [5.74, 6) is 0.0913. The third kappa shape index (κ3) is 3.93. The Balaban J connectivity index is 0.000000197. The molecule has 8 heteroatoms. The molecule has 0 spiro atoms. The molecule has 26 heavy (non-hydrogen) atoms. The first-order valence-electron chi connectivity index (χ1n) is 8.58. The Morgan fingerprint density at radius 2 is 1.85 bits per heavy atom. The second kappa shape index (κ2) is 7.26. The van der Waals surface area contributed by atoms with E-state index in [1.807, 2.05) is 13.8 Å². The number of phenols is 1. The van der Waals surface area contributed by atoms with Gasteiger partial charge < -0.3 is 15.9 Å². The second-order valence-corrected chi connectivity index (χ2v) is 9.19. The molecular formula is C18H27NO6S. The van der Waals surface area contributed by atoms with Gasteiger partial charge in [-0.05, 0) is 41.9 Å². The van der Waals surface area contributed by atoms with Crippen LogP contribution in [0.15, 0.2) is 24.3 Å². The molecule has 2 saturated carbocycles. The smallest absolute Gasteiger partial charge is 0.265 e. The Morgan fingerprint density at radius 1 is 1.27 bits per heavy atom. The molecule has 5 N–H and O–H groups in total. The lowest BCUT2D eigenvalue weighted by Crippen LogP contribution is -2.42. The molecule has 2 bridgehead atoms. The summed E-state index contributed by atoms with van der Waals surface area (Å²) in [5.41, 5.74) is 4.84. The number of aromatic hydroxyl groups is 1. The Morgan fingerprint density at radius 3 is 2.23 bits per heavy atom. The Bertz CT molecular complexity index is 758. The van der Waals surface area contributed by atoms with Crippen LogP contribution in [0.2, 0.25) is 0 Å². The van der Waals surface area contributed by atoms with Gasteiger partial charge in [0.05, 0.1) is 17.3 Å². The zero-order valence-electron chi connectivity index (χ0n) is 15.1. The van der Waals surface area contributed by atoms with Gasteiger partial charge in [-0.15, -0.1) is 0 Å². The number of fused-ring (bicyclic) bond motifs is 2. The number of phenolic OH excluding ortho intramolecular Hbond substituents is 1. The highest BCUT2D eigenvalue weighted by Crippen LogP contribution is 2.64. The molecule has 0 unspecified atom stereocenters. The summed E-state index contributed by atoms with van der Waals surface area (Å²) in [4.78, 5) is 11.9. The van der Waals surface area contributed by atoms with Crippen LogP contribution in [-0.4, -0.2) is 41.3 Å². The molecule has 3 rings (SSSR count). The fourth-order valence-corrected chi connectivity index (χ4v) is 5.55. The molecule has 7 nitrogen and oxygen atoms in total. The van der Waals surface area contributed by atoms with E-state index in [2.05, 4.69) is 0 Å². The quantitative estimate of drug-likeness (QED) is 0.578. The average Bonchev–Trinajstić information content (AvgIpc) is 2.88.